The average Bonchev–Trinajstić information content (AvgIpc) is 2.69. The van der Waals surface area contributed by atoms with Gasteiger partial charge in [-0.15, -0.1) is 0 Å². The minimum atomic E-state index is -4.60. The number of urea groups is 1. The van der Waals surface area contributed by atoms with Crippen molar-refractivity contribution < 1.29 is 32.2 Å². The van der Waals surface area contributed by atoms with Crippen molar-refractivity contribution in [3.05, 3.63) is 59.2 Å². The molecular formula is C23H27F3N2O4. The van der Waals surface area contributed by atoms with Crippen LogP contribution in [0.5, 0.6) is 5.75 Å². The van der Waals surface area contributed by atoms with Crippen molar-refractivity contribution in [1.29, 1.82) is 0 Å². The van der Waals surface area contributed by atoms with E-state index in [4.69, 9.17) is 9.47 Å². The molecule has 174 valence electrons. The van der Waals surface area contributed by atoms with Gasteiger partial charge < -0.3 is 14.4 Å². The highest BCUT2D eigenvalue weighted by Crippen LogP contribution is 2.31. The van der Waals surface area contributed by atoms with E-state index in [1.807, 2.05) is 0 Å². The second-order valence-electron chi connectivity index (χ2n) is 8.39. The first-order chi connectivity index (χ1) is 14.7. The van der Waals surface area contributed by atoms with Crippen LogP contribution >= 0.6 is 0 Å². The van der Waals surface area contributed by atoms with Crippen LogP contribution in [0.4, 0.5) is 23.7 Å². The Bertz CT molecular complexity index is 965. The summed E-state index contributed by atoms with van der Waals surface area (Å²) in [4.78, 5) is 27.5. The van der Waals surface area contributed by atoms with Gasteiger partial charge in [-0.25, -0.2) is 9.59 Å². The number of ether oxygens (including phenoxy) is 2. The summed E-state index contributed by atoms with van der Waals surface area (Å²) in [6.07, 6.45) is -4.60. The number of anilines is 1. The molecule has 0 unspecified atom stereocenters. The Morgan fingerprint density at radius 3 is 2.03 bits per heavy atom. The zero-order valence-electron chi connectivity index (χ0n) is 18.9. The molecule has 2 aromatic rings. The number of alkyl halides is 3. The van der Waals surface area contributed by atoms with Crippen molar-refractivity contribution >= 4 is 17.7 Å². The number of hydrogen-bond donors (Lipinski definition) is 0. The van der Waals surface area contributed by atoms with Gasteiger partial charge in [0.05, 0.1) is 11.1 Å². The number of halogens is 3. The second kappa shape index (κ2) is 9.50. The molecule has 0 radical (unpaired) electrons. The molecule has 9 heteroatoms. The lowest BCUT2D eigenvalue weighted by molar-refractivity contribution is -0.137. The van der Waals surface area contributed by atoms with Crippen molar-refractivity contribution in [2.24, 2.45) is 0 Å². The molecule has 0 aliphatic carbocycles. The summed E-state index contributed by atoms with van der Waals surface area (Å²) in [7, 11) is 4.92. The van der Waals surface area contributed by atoms with Crippen LogP contribution in [-0.2, 0) is 17.5 Å². The van der Waals surface area contributed by atoms with E-state index >= 15 is 0 Å². The molecule has 0 aromatic heterocycles. The summed E-state index contributed by atoms with van der Waals surface area (Å²) < 4.78 is 50.4. The normalized spacial score (nSPS) is 11.7. The first-order valence-corrected chi connectivity index (χ1v) is 9.80. The van der Waals surface area contributed by atoms with E-state index in [-0.39, 0.29) is 23.8 Å². The van der Waals surface area contributed by atoms with Crippen molar-refractivity contribution in [1.82, 2.24) is 4.90 Å². The number of esters is 1. The molecule has 2 amide bonds. The summed E-state index contributed by atoms with van der Waals surface area (Å²) in [5, 5.41) is 0. The molecule has 0 spiro atoms. The number of nitrogens with zero attached hydrogens (tertiary/aromatic N) is 2. The lowest BCUT2D eigenvalue weighted by Crippen LogP contribution is -2.36. The molecule has 0 fully saturated rings. The lowest BCUT2D eigenvalue weighted by atomic mass is 10.0. The number of carbonyl (C=O) groups excluding carboxylic acids is 2. The predicted molar refractivity (Wildman–Crippen MR) is 115 cm³/mol. The van der Waals surface area contributed by atoms with Gasteiger partial charge in [-0.1, -0.05) is 6.07 Å². The largest absolute Gasteiger partial charge is 0.489 e. The molecule has 0 heterocycles. The highest BCUT2D eigenvalue weighted by Gasteiger charge is 2.32. The van der Waals surface area contributed by atoms with E-state index in [0.29, 0.717) is 11.4 Å². The van der Waals surface area contributed by atoms with E-state index in [1.54, 1.807) is 66.2 Å². The maximum Gasteiger partial charge on any atom is 0.416 e. The third-order valence-corrected chi connectivity index (χ3v) is 4.34. The minimum absolute atomic E-state index is 0.140. The molecule has 0 aliphatic rings. The Balaban J connectivity index is 2.23. The molecular weight excluding hydrogens is 425 g/mol. The summed E-state index contributed by atoms with van der Waals surface area (Å²) in [5.41, 5.74) is -1.12. The van der Waals surface area contributed by atoms with Crippen molar-refractivity contribution in [2.75, 3.05) is 26.0 Å². The van der Waals surface area contributed by atoms with E-state index in [1.165, 1.54) is 15.9 Å². The fourth-order valence-electron chi connectivity index (χ4n) is 2.74. The molecule has 32 heavy (non-hydrogen) atoms. The lowest BCUT2D eigenvalue weighted by Gasteiger charge is -2.22. The zero-order valence-corrected chi connectivity index (χ0v) is 18.9. The highest BCUT2D eigenvalue weighted by molar-refractivity contribution is 5.92. The molecule has 0 aliphatic heterocycles. The Morgan fingerprint density at radius 2 is 1.53 bits per heavy atom. The van der Waals surface area contributed by atoms with Crippen LogP contribution in [-0.4, -0.2) is 43.6 Å². The number of benzene rings is 2. The fourth-order valence-corrected chi connectivity index (χ4v) is 2.74. The molecule has 0 atom stereocenters. The van der Waals surface area contributed by atoms with Crippen molar-refractivity contribution in [2.45, 2.75) is 39.2 Å². The predicted octanol–water partition coefficient (Wildman–Crippen LogP) is 5.36. The highest BCUT2D eigenvalue weighted by atomic mass is 19.4. The Labute approximate surface area is 185 Å². The van der Waals surface area contributed by atoms with Gasteiger partial charge in [0.15, 0.2) is 0 Å². The van der Waals surface area contributed by atoms with Crippen LogP contribution in [0.15, 0.2) is 42.5 Å². The van der Waals surface area contributed by atoms with Gasteiger partial charge in [0.1, 0.15) is 18.0 Å². The van der Waals surface area contributed by atoms with E-state index in [2.05, 4.69) is 0 Å². The fraction of sp³-hybridized carbons (Fsp3) is 0.391. The van der Waals surface area contributed by atoms with Gasteiger partial charge in [-0.05, 0) is 57.2 Å². The number of hydrogen-bond acceptors (Lipinski definition) is 4. The average molecular weight is 452 g/mol. The van der Waals surface area contributed by atoms with Crippen LogP contribution in [0, 0.1) is 0 Å². The van der Waals surface area contributed by atoms with Gasteiger partial charge in [0, 0.05) is 32.4 Å². The van der Waals surface area contributed by atoms with E-state index in [9.17, 15) is 22.8 Å². The number of rotatable bonds is 5. The van der Waals surface area contributed by atoms with Gasteiger partial charge in [0.25, 0.3) is 0 Å². The monoisotopic (exact) mass is 452 g/mol. The van der Waals surface area contributed by atoms with E-state index < -0.39 is 23.3 Å². The summed E-state index contributed by atoms with van der Waals surface area (Å²) in [5.74, 6) is -0.434. The zero-order chi connectivity index (χ0) is 24.3. The van der Waals surface area contributed by atoms with Crippen LogP contribution in [0.25, 0.3) is 0 Å². The molecule has 6 nitrogen and oxygen atoms in total. The summed E-state index contributed by atoms with van der Waals surface area (Å²) in [6, 6.07) is 9.30. The number of carbonyl (C=O) groups is 2. The molecule has 0 bridgehead atoms. The molecule has 0 N–H and O–H groups in total. The number of amides is 2. The van der Waals surface area contributed by atoms with Crippen LogP contribution in [0.3, 0.4) is 0 Å². The first-order valence-electron chi connectivity index (χ1n) is 9.80. The topological polar surface area (TPSA) is 59.1 Å². The third kappa shape index (κ3) is 6.63. The van der Waals surface area contributed by atoms with Crippen LogP contribution in [0.2, 0.25) is 0 Å². The third-order valence-electron chi connectivity index (χ3n) is 4.34. The Morgan fingerprint density at radius 1 is 0.938 bits per heavy atom. The second-order valence-corrected chi connectivity index (χ2v) is 8.39. The van der Waals surface area contributed by atoms with Gasteiger partial charge in [-0.3, -0.25) is 4.90 Å². The van der Waals surface area contributed by atoms with Gasteiger partial charge in [0.2, 0.25) is 0 Å². The van der Waals surface area contributed by atoms with Crippen molar-refractivity contribution in [3.8, 4) is 5.75 Å². The maximum atomic E-state index is 13.1. The van der Waals surface area contributed by atoms with Gasteiger partial charge in [-0.2, -0.15) is 13.2 Å². The molecule has 0 saturated carbocycles. The first kappa shape index (κ1) is 25.0. The van der Waals surface area contributed by atoms with Crippen molar-refractivity contribution in [3.63, 3.8) is 0 Å². The summed E-state index contributed by atoms with van der Waals surface area (Å²) >= 11 is 0. The van der Waals surface area contributed by atoms with Gasteiger partial charge >= 0.3 is 18.2 Å². The quantitative estimate of drug-likeness (QED) is 0.574. The summed E-state index contributed by atoms with van der Waals surface area (Å²) in [6.45, 7) is 4.76. The molecule has 2 rings (SSSR count). The minimum Gasteiger partial charge on any atom is -0.489 e. The van der Waals surface area contributed by atoms with E-state index in [0.717, 1.165) is 12.1 Å². The van der Waals surface area contributed by atoms with Crippen LogP contribution in [0.1, 0.15) is 42.3 Å². The standard InChI is InChI=1S/C23H27F3N2O4/c1-22(2,3)32-20(29)19-13-16(23(24,25)26)8-7-15(19)14-31-18-11-9-17(10-12-18)28(6)21(30)27(4)5/h7-13H,14H2,1-6H3. The SMILES string of the molecule is CN(C)C(=O)N(C)c1ccc(OCc2ccc(C(F)(F)F)cc2C(=O)OC(C)(C)C)cc1. The molecule has 2 aromatic carbocycles. The Hall–Kier alpha value is -3.23. The maximum absolute atomic E-state index is 13.1. The van der Waals surface area contributed by atoms with Crippen LogP contribution < -0.4 is 9.64 Å². The Kier molecular flexibility index (Phi) is 7.43. The molecule has 0 saturated heterocycles. The smallest absolute Gasteiger partial charge is 0.416 e.